The van der Waals surface area contributed by atoms with Crippen molar-refractivity contribution < 1.29 is 17.9 Å². The normalized spacial score (nSPS) is 25.8. The van der Waals surface area contributed by atoms with Gasteiger partial charge in [0.15, 0.2) is 0 Å². The van der Waals surface area contributed by atoms with Crippen LogP contribution in [0.25, 0.3) is 0 Å². The molecule has 0 N–H and O–H groups in total. The van der Waals surface area contributed by atoms with Gasteiger partial charge in [0.25, 0.3) is 10.2 Å². The Kier molecular flexibility index (Phi) is 5.76. The lowest BCUT2D eigenvalue weighted by atomic mass is 10.0. The van der Waals surface area contributed by atoms with E-state index in [-0.39, 0.29) is 24.5 Å². The number of carbonyl (C=O) groups is 1. The first-order chi connectivity index (χ1) is 12.0. The van der Waals surface area contributed by atoms with Crippen LogP contribution < -0.4 is 0 Å². The fourth-order valence-corrected chi connectivity index (χ4v) is 5.71. The van der Waals surface area contributed by atoms with Crippen molar-refractivity contribution in [1.82, 2.24) is 8.61 Å². The van der Waals surface area contributed by atoms with Crippen LogP contribution in [0.4, 0.5) is 0 Å². The smallest absolute Gasteiger partial charge is 0.310 e. The molecule has 1 aromatic carbocycles. The number of hydrogen-bond donors (Lipinski definition) is 0. The summed E-state index contributed by atoms with van der Waals surface area (Å²) in [4.78, 5) is 12.0. The van der Waals surface area contributed by atoms with Crippen LogP contribution in [-0.4, -0.2) is 49.2 Å². The Bertz CT molecular complexity index is 692. The third kappa shape index (κ3) is 3.88. The minimum Gasteiger partial charge on any atom is -0.466 e. The van der Waals surface area contributed by atoms with Gasteiger partial charge in [0, 0.05) is 19.6 Å². The minimum absolute atomic E-state index is 0.117. The molecule has 0 aliphatic carbocycles. The van der Waals surface area contributed by atoms with E-state index in [4.69, 9.17) is 4.74 Å². The molecular weight excluding hydrogens is 340 g/mol. The molecule has 0 radical (unpaired) electrons. The van der Waals surface area contributed by atoms with Crippen molar-refractivity contribution in [1.29, 1.82) is 0 Å². The third-order valence-corrected chi connectivity index (χ3v) is 7.03. The van der Waals surface area contributed by atoms with Crippen LogP contribution in [0.2, 0.25) is 0 Å². The number of carbonyl (C=O) groups excluding carboxylic acids is 1. The first kappa shape index (κ1) is 18.4. The van der Waals surface area contributed by atoms with E-state index in [1.54, 1.807) is 11.2 Å². The lowest BCUT2D eigenvalue weighted by molar-refractivity contribution is -0.149. The minimum atomic E-state index is -3.58. The standard InChI is InChI=1S/C18H26N2O4S/c1-2-24-18(21)16-10-6-12-19(14-16)25(22,23)20-13-7-11-17(20)15-8-4-3-5-9-15/h3-5,8-9,16-17H,2,6-7,10-14H2,1H3. The maximum Gasteiger partial charge on any atom is 0.310 e. The highest BCUT2D eigenvalue weighted by atomic mass is 32.2. The first-order valence-corrected chi connectivity index (χ1v) is 10.4. The third-order valence-electron chi connectivity index (χ3n) is 5.01. The van der Waals surface area contributed by atoms with Gasteiger partial charge in [-0.15, -0.1) is 0 Å². The molecule has 2 saturated heterocycles. The second-order valence-electron chi connectivity index (χ2n) is 6.64. The number of benzene rings is 1. The maximum absolute atomic E-state index is 13.2. The van der Waals surface area contributed by atoms with Crippen LogP contribution in [0, 0.1) is 5.92 Å². The molecular formula is C18H26N2O4S. The first-order valence-electron chi connectivity index (χ1n) is 9.02. The Labute approximate surface area is 149 Å². The summed E-state index contributed by atoms with van der Waals surface area (Å²) in [5.41, 5.74) is 1.03. The van der Waals surface area contributed by atoms with Crippen molar-refractivity contribution in [3.63, 3.8) is 0 Å². The van der Waals surface area contributed by atoms with E-state index in [0.29, 0.717) is 32.5 Å². The van der Waals surface area contributed by atoms with Crippen molar-refractivity contribution in [3.8, 4) is 0 Å². The van der Waals surface area contributed by atoms with Crippen LogP contribution in [0.5, 0.6) is 0 Å². The Balaban J connectivity index is 1.77. The highest BCUT2D eigenvalue weighted by molar-refractivity contribution is 7.86. The van der Waals surface area contributed by atoms with E-state index >= 15 is 0 Å². The zero-order chi connectivity index (χ0) is 17.9. The Morgan fingerprint density at radius 3 is 2.60 bits per heavy atom. The van der Waals surface area contributed by atoms with E-state index in [2.05, 4.69) is 0 Å². The van der Waals surface area contributed by atoms with Crippen molar-refractivity contribution in [2.24, 2.45) is 5.92 Å². The number of hydrogen-bond acceptors (Lipinski definition) is 4. The Morgan fingerprint density at radius 2 is 1.88 bits per heavy atom. The molecule has 0 bridgehead atoms. The number of piperidine rings is 1. The van der Waals surface area contributed by atoms with Gasteiger partial charge in [-0.1, -0.05) is 30.3 Å². The quantitative estimate of drug-likeness (QED) is 0.750. The van der Waals surface area contributed by atoms with Crippen molar-refractivity contribution >= 4 is 16.2 Å². The summed E-state index contributed by atoms with van der Waals surface area (Å²) in [6.45, 7) is 3.31. The van der Waals surface area contributed by atoms with Crippen molar-refractivity contribution in [3.05, 3.63) is 35.9 Å². The fraction of sp³-hybridized carbons (Fsp3) is 0.611. The molecule has 2 atom stereocenters. The molecule has 7 heteroatoms. The predicted molar refractivity (Wildman–Crippen MR) is 95.0 cm³/mol. The summed E-state index contributed by atoms with van der Waals surface area (Å²) in [7, 11) is -3.58. The van der Waals surface area contributed by atoms with E-state index in [1.807, 2.05) is 30.3 Å². The molecule has 138 valence electrons. The maximum atomic E-state index is 13.2. The van der Waals surface area contributed by atoms with Crippen LogP contribution >= 0.6 is 0 Å². The van der Waals surface area contributed by atoms with E-state index in [0.717, 1.165) is 18.4 Å². The van der Waals surface area contributed by atoms with E-state index < -0.39 is 10.2 Å². The Hall–Kier alpha value is -1.44. The van der Waals surface area contributed by atoms with Crippen molar-refractivity contribution in [2.75, 3.05) is 26.2 Å². The summed E-state index contributed by atoms with van der Waals surface area (Å²) in [5, 5.41) is 0. The highest BCUT2D eigenvalue weighted by Gasteiger charge is 2.41. The van der Waals surface area contributed by atoms with Crippen LogP contribution in [0.15, 0.2) is 30.3 Å². The molecule has 0 spiro atoms. The topological polar surface area (TPSA) is 66.9 Å². The molecule has 0 aromatic heterocycles. The molecule has 1 aromatic rings. The largest absolute Gasteiger partial charge is 0.466 e. The van der Waals surface area contributed by atoms with Crippen molar-refractivity contribution in [2.45, 2.75) is 38.6 Å². The second kappa shape index (κ2) is 7.85. The van der Waals surface area contributed by atoms with Gasteiger partial charge >= 0.3 is 5.97 Å². The average Bonchev–Trinajstić information content (AvgIpc) is 3.13. The summed E-state index contributed by atoms with van der Waals surface area (Å²) in [5.74, 6) is -0.648. The van der Waals surface area contributed by atoms with Crippen LogP contribution in [0.3, 0.4) is 0 Å². The second-order valence-corrected chi connectivity index (χ2v) is 8.52. The van der Waals surface area contributed by atoms with Crippen LogP contribution in [0.1, 0.15) is 44.2 Å². The molecule has 25 heavy (non-hydrogen) atoms. The molecule has 2 aliphatic heterocycles. The van der Waals surface area contributed by atoms with Gasteiger partial charge in [-0.2, -0.15) is 17.0 Å². The van der Waals surface area contributed by atoms with Gasteiger partial charge in [0.2, 0.25) is 0 Å². The zero-order valence-corrected chi connectivity index (χ0v) is 15.5. The van der Waals surface area contributed by atoms with Gasteiger partial charge in [-0.3, -0.25) is 4.79 Å². The number of nitrogens with zero attached hydrogens (tertiary/aromatic N) is 2. The summed E-state index contributed by atoms with van der Waals surface area (Å²) >= 11 is 0. The van der Waals surface area contributed by atoms with E-state index in [9.17, 15) is 13.2 Å². The average molecular weight is 366 g/mol. The lowest BCUT2D eigenvalue weighted by Gasteiger charge is -2.35. The number of ether oxygens (including phenoxy) is 1. The molecule has 2 unspecified atom stereocenters. The van der Waals surface area contributed by atoms with Gasteiger partial charge in [0.05, 0.1) is 18.6 Å². The molecule has 6 nitrogen and oxygen atoms in total. The molecule has 0 saturated carbocycles. The molecule has 2 heterocycles. The fourth-order valence-electron chi connectivity index (χ4n) is 3.78. The number of esters is 1. The SMILES string of the molecule is CCOC(=O)C1CCCN(S(=O)(=O)N2CCCC2c2ccccc2)C1. The summed E-state index contributed by atoms with van der Waals surface area (Å²) < 4.78 is 34.6. The molecule has 2 fully saturated rings. The van der Waals surface area contributed by atoms with Gasteiger partial charge < -0.3 is 4.74 Å². The molecule has 0 amide bonds. The lowest BCUT2D eigenvalue weighted by Crippen LogP contribution is -2.49. The summed E-state index contributed by atoms with van der Waals surface area (Å²) in [6.07, 6.45) is 3.06. The van der Waals surface area contributed by atoms with Crippen LogP contribution in [-0.2, 0) is 19.7 Å². The highest BCUT2D eigenvalue weighted by Crippen LogP contribution is 2.36. The molecule has 2 aliphatic rings. The monoisotopic (exact) mass is 366 g/mol. The van der Waals surface area contributed by atoms with Gasteiger partial charge in [0.1, 0.15) is 0 Å². The van der Waals surface area contributed by atoms with Gasteiger partial charge in [-0.25, -0.2) is 0 Å². The zero-order valence-electron chi connectivity index (χ0n) is 14.6. The molecule has 3 rings (SSSR count). The summed E-state index contributed by atoms with van der Waals surface area (Å²) in [6, 6.07) is 9.67. The predicted octanol–water partition coefficient (Wildman–Crippen LogP) is 2.34. The Morgan fingerprint density at radius 1 is 1.16 bits per heavy atom. The number of rotatable bonds is 5. The van der Waals surface area contributed by atoms with E-state index in [1.165, 1.54) is 4.31 Å². The van der Waals surface area contributed by atoms with Gasteiger partial charge in [-0.05, 0) is 38.2 Å².